The number of hydrogen-bond acceptors (Lipinski definition) is 3. The Kier molecular flexibility index (Phi) is 3.80. The van der Waals surface area contributed by atoms with Crippen LogP contribution in [-0.2, 0) is 0 Å². The van der Waals surface area contributed by atoms with Crippen molar-refractivity contribution in [2.75, 3.05) is 0 Å². The molecule has 0 aliphatic carbocycles. The molecular weight excluding hydrogens is 194 g/mol. The van der Waals surface area contributed by atoms with Gasteiger partial charge in [0.2, 0.25) is 0 Å². The molecule has 0 aliphatic heterocycles. The molecule has 0 saturated carbocycles. The molecule has 0 heterocycles. The quantitative estimate of drug-likeness (QED) is 0.612. The van der Waals surface area contributed by atoms with Crippen LogP contribution in [0.4, 0.5) is 5.69 Å². The van der Waals surface area contributed by atoms with Crippen molar-refractivity contribution in [2.45, 2.75) is 32.8 Å². The number of rotatable bonds is 4. The number of aryl methyl sites for hydroxylation is 1. The van der Waals surface area contributed by atoms with E-state index in [0.717, 1.165) is 6.42 Å². The molecular formula is C11H15NO3. The van der Waals surface area contributed by atoms with Crippen LogP contribution in [-0.4, -0.2) is 10.0 Å². The highest BCUT2D eigenvalue weighted by atomic mass is 16.6. The number of benzene rings is 1. The lowest BCUT2D eigenvalue weighted by molar-refractivity contribution is -0.385. The zero-order valence-electron chi connectivity index (χ0n) is 8.93. The van der Waals surface area contributed by atoms with Crippen LogP contribution in [0.2, 0.25) is 0 Å². The maximum atomic E-state index is 10.7. The molecule has 0 spiro atoms. The molecule has 0 radical (unpaired) electrons. The highest BCUT2D eigenvalue weighted by Crippen LogP contribution is 2.25. The summed E-state index contributed by atoms with van der Waals surface area (Å²) in [4.78, 5) is 10.3. The van der Waals surface area contributed by atoms with Gasteiger partial charge in [-0.3, -0.25) is 10.1 Å². The molecule has 1 atom stereocenters. The van der Waals surface area contributed by atoms with Crippen molar-refractivity contribution in [3.63, 3.8) is 0 Å². The van der Waals surface area contributed by atoms with E-state index in [1.54, 1.807) is 19.1 Å². The van der Waals surface area contributed by atoms with E-state index in [2.05, 4.69) is 0 Å². The fourth-order valence-electron chi connectivity index (χ4n) is 1.47. The smallest absolute Gasteiger partial charge is 0.272 e. The average Bonchev–Trinajstić information content (AvgIpc) is 2.18. The van der Waals surface area contributed by atoms with Gasteiger partial charge >= 0.3 is 0 Å². The molecule has 1 unspecified atom stereocenters. The Morgan fingerprint density at radius 3 is 2.73 bits per heavy atom. The van der Waals surface area contributed by atoms with E-state index in [0.29, 0.717) is 17.5 Å². The SMILES string of the molecule is CCCC(O)c1ccc(C)c([N+](=O)[O-])c1. The lowest BCUT2D eigenvalue weighted by Gasteiger charge is -2.09. The van der Waals surface area contributed by atoms with E-state index in [1.807, 2.05) is 6.92 Å². The summed E-state index contributed by atoms with van der Waals surface area (Å²) in [6.45, 7) is 3.65. The molecule has 0 saturated heterocycles. The predicted molar refractivity (Wildman–Crippen MR) is 57.7 cm³/mol. The van der Waals surface area contributed by atoms with Crippen LogP contribution in [0.15, 0.2) is 18.2 Å². The van der Waals surface area contributed by atoms with E-state index in [-0.39, 0.29) is 5.69 Å². The van der Waals surface area contributed by atoms with Crippen LogP contribution in [0, 0.1) is 17.0 Å². The minimum atomic E-state index is -0.603. The van der Waals surface area contributed by atoms with Gasteiger partial charge in [0.05, 0.1) is 11.0 Å². The van der Waals surface area contributed by atoms with Gasteiger partial charge in [-0.2, -0.15) is 0 Å². The summed E-state index contributed by atoms with van der Waals surface area (Å²) in [6.07, 6.45) is 0.873. The summed E-state index contributed by atoms with van der Waals surface area (Å²) in [7, 11) is 0. The first kappa shape index (κ1) is 11.7. The standard InChI is InChI=1S/C11H15NO3/c1-3-4-11(13)9-6-5-8(2)10(7-9)12(14)15/h5-7,11,13H,3-4H2,1-2H3. The Labute approximate surface area is 88.7 Å². The second-order valence-corrected chi connectivity index (χ2v) is 3.61. The lowest BCUT2D eigenvalue weighted by Crippen LogP contribution is -1.99. The van der Waals surface area contributed by atoms with Gasteiger partial charge in [0.1, 0.15) is 0 Å². The Balaban J connectivity index is 3.02. The van der Waals surface area contributed by atoms with Gasteiger partial charge in [-0.25, -0.2) is 0 Å². The minimum absolute atomic E-state index is 0.0719. The number of aliphatic hydroxyl groups excluding tert-OH is 1. The Morgan fingerprint density at radius 1 is 1.53 bits per heavy atom. The lowest BCUT2D eigenvalue weighted by atomic mass is 10.0. The minimum Gasteiger partial charge on any atom is -0.388 e. The van der Waals surface area contributed by atoms with Crippen molar-refractivity contribution in [1.29, 1.82) is 0 Å². The zero-order valence-corrected chi connectivity index (χ0v) is 8.93. The number of nitro benzene ring substituents is 1. The van der Waals surface area contributed by atoms with Gasteiger partial charge < -0.3 is 5.11 Å². The van der Waals surface area contributed by atoms with Gasteiger partial charge in [0.25, 0.3) is 5.69 Å². The van der Waals surface area contributed by atoms with Gasteiger partial charge in [0, 0.05) is 11.6 Å². The second-order valence-electron chi connectivity index (χ2n) is 3.61. The third-order valence-corrected chi connectivity index (χ3v) is 2.38. The second kappa shape index (κ2) is 4.89. The summed E-state index contributed by atoms with van der Waals surface area (Å²) in [5, 5.41) is 20.4. The normalized spacial score (nSPS) is 12.5. The molecule has 0 fully saturated rings. The van der Waals surface area contributed by atoms with Crippen LogP contribution in [0.3, 0.4) is 0 Å². The number of nitrogens with zero attached hydrogens (tertiary/aromatic N) is 1. The van der Waals surface area contributed by atoms with E-state index < -0.39 is 11.0 Å². The van der Waals surface area contributed by atoms with Crippen molar-refractivity contribution < 1.29 is 10.0 Å². The highest BCUT2D eigenvalue weighted by Gasteiger charge is 2.14. The van der Waals surface area contributed by atoms with Crippen LogP contribution in [0.25, 0.3) is 0 Å². The topological polar surface area (TPSA) is 63.4 Å². The molecule has 4 heteroatoms. The van der Waals surface area contributed by atoms with E-state index in [4.69, 9.17) is 0 Å². The first-order valence-corrected chi connectivity index (χ1v) is 4.99. The van der Waals surface area contributed by atoms with Crippen molar-refractivity contribution in [3.05, 3.63) is 39.4 Å². The van der Waals surface area contributed by atoms with Crippen LogP contribution >= 0.6 is 0 Å². The van der Waals surface area contributed by atoms with Crippen molar-refractivity contribution >= 4 is 5.69 Å². The average molecular weight is 209 g/mol. The molecule has 1 N–H and O–H groups in total. The Bertz CT molecular complexity index is 363. The molecule has 0 aliphatic rings. The van der Waals surface area contributed by atoms with E-state index in [1.165, 1.54) is 6.07 Å². The number of aliphatic hydroxyl groups is 1. The first-order valence-electron chi connectivity index (χ1n) is 4.99. The monoisotopic (exact) mass is 209 g/mol. The molecule has 0 amide bonds. The predicted octanol–water partition coefficient (Wildman–Crippen LogP) is 2.74. The summed E-state index contributed by atoms with van der Waals surface area (Å²) < 4.78 is 0. The first-order chi connectivity index (χ1) is 7.06. The summed E-state index contributed by atoms with van der Waals surface area (Å²) in [5.41, 5.74) is 1.31. The molecule has 4 nitrogen and oxygen atoms in total. The fraction of sp³-hybridized carbons (Fsp3) is 0.455. The third-order valence-electron chi connectivity index (χ3n) is 2.38. The highest BCUT2D eigenvalue weighted by molar-refractivity contribution is 5.43. The van der Waals surface area contributed by atoms with Gasteiger partial charge in [-0.05, 0) is 18.9 Å². The van der Waals surface area contributed by atoms with Crippen LogP contribution < -0.4 is 0 Å². The van der Waals surface area contributed by atoms with Crippen LogP contribution in [0.5, 0.6) is 0 Å². The molecule has 15 heavy (non-hydrogen) atoms. The zero-order chi connectivity index (χ0) is 11.4. The van der Waals surface area contributed by atoms with Crippen molar-refractivity contribution in [3.8, 4) is 0 Å². The molecule has 0 bridgehead atoms. The van der Waals surface area contributed by atoms with E-state index >= 15 is 0 Å². The largest absolute Gasteiger partial charge is 0.388 e. The third kappa shape index (κ3) is 2.76. The summed E-state index contributed by atoms with van der Waals surface area (Å²) in [5.74, 6) is 0. The molecule has 1 aromatic carbocycles. The van der Waals surface area contributed by atoms with Crippen molar-refractivity contribution in [1.82, 2.24) is 0 Å². The molecule has 82 valence electrons. The van der Waals surface area contributed by atoms with Crippen molar-refractivity contribution in [2.24, 2.45) is 0 Å². The Morgan fingerprint density at radius 2 is 2.20 bits per heavy atom. The maximum absolute atomic E-state index is 10.7. The number of hydrogen-bond donors (Lipinski definition) is 1. The molecule has 0 aromatic heterocycles. The Hall–Kier alpha value is -1.42. The van der Waals surface area contributed by atoms with E-state index in [9.17, 15) is 15.2 Å². The van der Waals surface area contributed by atoms with Gasteiger partial charge in [-0.15, -0.1) is 0 Å². The van der Waals surface area contributed by atoms with Gasteiger partial charge in [0.15, 0.2) is 0 Å². The fourth-order valence-corrected chi connectivity index (χ4v) is 1.47. The number of nitro groups is 1. The summed E-state index contributed by atoms with van der Waals surface area (Å²) >= 11 is 0. The van der Waals surface area contributed by atoms with Gasteiger partial charge in [-0.1, -0.05) is 25.5 Å². The van der Waals surface area contributed by atoms with Crippen LogP contribution in [0.1, 0.15) is 37.0 Å². The molecule has 1 aromatic rings. The molecule has 1 rings (SSSR count). The maximum Gasteiger partial charge on any atom is 0.272 e. The summed E-state index contributed by atoms with van der Waals surface area (Å²) in [6, 6.07) is 4.87.